The van der Waals surface area contributed by atoms with Gasteiger partial charge in [0.15, 0.2) is 0 Å². The van der Waals surface area contributed by atoms with Crippen molar-refractivity contribution in [1.29, 1.82) is 0 Å². The van der Waals surface area contributed by atoms with Crippen LogP contribution in [0.15, 0.2) is 24.3 Å². The van der Waals surface area contributed by atoms with E-state index in [1.165, 1.54) is 0 Å². The maximum absolute atomic E-state index is 12.6. The van der Waals surface area contributed by atoms with Crippen LogP contribution in [0.5, 0.6) is 0 Å². The maximum atomic E-state index is 12.6. The van der Waals surface area contributed by atoms with Crippen LogP contribution < -0.4 is 5.32 Å². The fourth-order valence-electron chi connectivity index (χ4n) is 3.31. The molecule has 132 valence electrons. The molecule has 2 atom stereocenters. The molecule has 0 bridgehead atoms. The lowest BCUT2D eigenvalue weighted by Crippen LogP contribution is -2.48. The van der Waals surface area contributed by atoms with Crippen molar-refractivity contribution in [2.45, 2.75) is 31.4 Å². The Labute approximate surface area is 148 Å². The van der Waals surface area contributed by atoms with E-state index < -0.39 is 0 Å². The molecule has 0 saturated carbocycles. The zero-order valence-corrected chi connectivity index (χ0v) is 14.6. The quantitative estimate of drug-likeness (QED) is 0.799. The van der Waals surface area contributed by atoms with E-state index in [9.17, 15) is 4.79 Å². The van der Waals surface area contributed by atoms with Gasteiger partial charge in [-0.3, -0.25) is 4.79 Å². The van der Waals surface area contributed by atoms with Gasteiger partial charge in [-0.05, 0) is 30.5 Å². The summed E-state index contributed by atoms with van der Waals surface area (Å²) in [7, 11) is 0. The first-order chi connectivity index (χ1) is 11.7. The lowest BCUT2D eigenvalue weighted by atomic mass is 10.0. The molecule has 0 aliphatic carbocycles. The predicted molar refractivity (Wildman–Crippen MR) is 93.2 cm³/mol. The van der Waals surface area contributed by atoms with Gasteiger partial charge in [-0.1, -0.05) is 23.7 Å². The number of halogens is 1. The molecule has 2 saturated heterocycles. The Balaban J connectivity index is 1.51. The molecule has 2 heterocycles. The number of piperazine rings is 1. The third kappa shape index (κ3) is 4.70. The Bertz CT molecular complexity index is 549. The van der Waals surface area contributed by atoms with E-state index in [-0.39, 0.29) is 18.1 Å². The van der Waals surface area contributed by atoms with Gasteiger partial charge in [-0.15, -0.1) is 0 Å². The number of hydrogen-bond acceptors (Lipinski definition) is 4. The Kier molecular flexibility index (Phi) is 6.49. The summed E-state index contributed by atoms with van der Waals surface area (Å²) in [5.74, 6) is 0.133. The molecule has 2 fully saturated rings. The van der Waals surface area contributed by atoms with Gasteiger partial charge >= 0.3 is 0 Å². The van der Waals surface area contributed by atoms with Crippen LogP contribution in [0.25, 0.3) is 0 Å². The smallest absolute Gasteiger partial charge is 0.225 e. The van der Waals surface area contributed by atoms with Crippen molar-refractivity contribution in [1.82, 2.24) is 10.2 Å². The first-order valence-corrected chi connectivity index (χ1v) is 9.07. The molecule has 0 radical (unpaired) electrons. The molecule has 5 nitrogen and oxygen atoms in total. The molecule has 0 aromatic heterocycles. The monoisotopic (exact) mass is 352 g/mol. The van der Waals surface area contributed by atoms with Gasteiger partial charge in [0.2, 0.25) is 5.91 Å². The fraction of sp³-hybridized carbons (Fsp3) is 0.611. The molecule has 1 aromatic carbocycles. The minimum atomic E-state index is 0.0307. The van der Waals surface area contributed by atoms with Crippen LogP contribution in [0.4, 0.5) is 0 Å². The van der Waals surface area contributed by atoms with Crippen molar-refractivity contribution < 1.29 is 14.3 Å². The van der Waals surface area contributed by atoms with E-state index in [4.69, 9.17) is 21.1 Å². The number of nitrogens with zero attached hydrogens (tertiary/aromatic N) is 1. The van der Waals surface area contributed by atoms with Crippen molar-refractivity contribution in [3.63, 3.8) is 0 Å². The lowest BCUT2D eigenvalue weighted by molar-refractivity contribution is -0.136. The van der Waals surface area contributed by atoms with Crippen LogP contribution in [-0.4, -0.2) is 56.4 Å². The number of nitrogens with one attached hydrogen (secondary N) is 1. The van der Waals surface area contributed by atoms with Gasteiger partial charge in [0.25, 0.3) is 0 Å². The van der Waals surface area contributed by atoms with E-state index in [0.29, 0.717) is 31.2 Å². The molecule has 1 aromatic rings. The van der Waals surface area contributed by atoms with Crippen LogP contribution in [0.3, 0.4) is 0 Å². The standard InChI is InChI=1S/C18H25ClN2O3/c19-15-4-1-3-14(11-15)17-12-20-7-8-21(17)18(22)6-10-23-13-16-5-2-9-24-16/h1,3-4,11,16-17,20H,2,5-10,12-13H2. The average molecular weight is 353 g/mol. The van der Waals surface area contributed by atoms with Gasteiger partial charge in [0, 0.05) is 31.3 Å². The zero-order chi connectivity index (χ0) is 16.8. The topological polar surface area (TPSA) is 50.8 Å². The number of hydrogen-bond donors (Lipinski definition) is 1. The van der Waals surface area contributed by atoms with Gasteiger partial charge < -0.3 is 19.7 Å². The number of ether oxygens (including phenoxy) is 2. The summed E-state index contributed by atoms with van der Waals surface area (Å²) in [4.78, 5) is 14.6. The molecule has 1 N–H and O–H groups in total. The second-order valence-electron chi connectivity index (χ2n) is 6.32. The van der Waals surface area contributed by atoms with Gasteiger partial charge in [-0.2, -0.15) is 0 Å². The molecule has 3 rings (SSSR count). The number of amides is 1. The SMILES string of the molecule is O=C(CCOCC1CCCO1)N1CCNCC1c1cccc(Cl)c1. The highest BCUT2D eigenvalue weighted by atomic mass is 35.5. The minimum Gasteiger partial charge on any atom is -0.378 e. The first kappa shape index (κ1) is 17.7. The molecule has 2 unspecified atom stereocenters. The van der Waals surface area contributed by atoms with Crippen molar-refractivity contribution in [2.24, 2.45) is 0 Å². The summed E-state index contributed by atoms with van der Waals surface area (Å²) in [6.07, 6.45) is 2.78. The highest BCUT2D eigenvalue weighted by Crippen LogP contribution is 2.25. The Morgan fingerprint density at radius 3 is 3.17 bits per heavy atom. The number of carbonyl (C=O) groups is 1. The number of carbonyl (C=O) groups excluding carboxylic acids is 1. The van der Waals surface area contributed by atoms with Crippen molar-refractivity contribution in [3.8, 4) is 0 Å². The third-order valence-electron chi connectivity index (χ3n) is 4.59. The third-order valence-corrected chi connectivity index (χ3v) is 4.82. The zero-order valence-electron chi connectivity index (χ0n) is 13.9. The van der Waals surface area contributed by atoms with Crippen LogP contribution in [0.1, 0.15) is 30.9 Å². The Morgan fingerprint density at radius 1 is 1.46 bits per heavy atom. The second kappa shape index (κ2) is 8.81. The minimum absolute atomic E-state index is 0.0307. The second-order valence-corrected chi connectivity index (χ2v) is 6.76. The van der Waals surface area contributed by atoms with Crippen LogP contribution in [-0.2, 0) is 14.3 Å². The van der Waals surface area contributed by atoms with E-state index in [2.05, 4.69) is 5.32 Å². The van der Waals surface area contributed by atoms with Crippen LogP contribution in [0.2, 0.25) is 5.02 Å². The molecule has 24 heavy (non-hydrogen) atoms. The molecular formula is C18H25ClN2O3. The van der Waals surface area contributed by atoms with Crippen molar-refractivity contribution >= 4 is 17.5 Å². The Hall–Kier alpha value is -1.14. The van der Waals surface area contributed by atoms with Crippen molar-refractivity contribution in [3.05, 3.63) is 34.9 Å². The molecule has 0 spiro atoms. The largest absolute Gasteiger partial charge is 0.378 e. The maximum Gasteiger partial charge on any atom is 0.225 e. The van der Waals surface area contributed by atoms with Gasteiger partial charge in [-0.25, -0.2) is 0 Å². The molecule has 1 amide bonds. The number of rotatable bonds is 6. The summed E-state index contributed by atoms with van der Waals surface area (Å²) in [5, 5.41) is 4.06. The summed E-state index contributed by atoms with van der Waals surface area (Å²) < 4.78 is 11.2. The van der Waals surface area contributed by atoms with E-state index in [0.717, 1.165) is 38.1 Å². The molecular weight excluding hydrogens is 328 g/mol. The van der Waals surface area contributed by atoms with Crippen LogP contribution in [0, 0.1) is 0 Å². The van der Waals surface area contributed by atoms with E-state index in [1.54, 1.807) is 0 Å². The summed E-state index contributed by atoms with van der Waals surface area (Å²) in [5.41, 5.74) is 1.07. The molecule has 2 aliphatic heterocycles. The Morgan fingerprint density at radius 2 is 2.38 bits per heavy atom. The van der Waals surface area contributed by atoms with Gasteiger partial charge in [0.1, 0.15) is 0 Å². The van der Waals surface area contributed by atoms with Crippen molar-refractivity contribution in [2.75, 3.05) is 39.5 Å². The molecule has 2 aliphatic rings. The fourth-order valence-corrected chi connectivity index (χ4v) is 3.51. The molecule has 6 heteroatoms. The first-order valence-electron chi connectivity index (χ1n) is 8.69. The summed E-state index contributed by atoms with van der Waals surface area (Å²) in [6.45, 7) is 4.15. The highest BCUT2D eigenvalue weighted by Gasteiger charge is 2.27. The van der Waals surface area contributed by atoms with Crippen LogP contribution >= 0.6 is 11.6 Å². The summed E-state index contributed by atoms with van der Waals surface area (Å²) in [6, 6.07) is 7.78. The van der Waals surface area contributed by atoms with E-state index >= 15 is 0 Å². The van der Waals surface area contributed by atoms with E-state index in [1.807, 2.05) is 29.2 Å². The lowest BCUT2D eigenvalue weighted by Gasteiger charge is -2.36. The predicted octanol–water partition coefficient (Wildman–Crippen LogP) is 2.40. The summed E-state index contributed by atoms with van der Waals surface area (Å²) >= 11 is 6.10. The number of benzene rings is 1. The highest BCUT2D eigenvalue weighted by molar-refractivity contribution is 6.30. The van der Waals surface area contributed by atoms with Gasteiger partial charge in [0.05, 0.1) is 31.8 Å². The normalized spacial score (nSPS) is 24.3. The average Bonchev–Trinajstić information content (AvgIpc) is 3.12.